The smallest absolute Gasteiger partial charge is 0.246 e. The number of hydrogen-bond acceptors (Lipinski definition) is 3. The van der Waals surface area contributed by atoms with Gasteiger partial charge in [0.15, 0.2) is 0 Å². The quantitative estimate of drug-likeness (QED) is 0.281. The van der Waals surface area contributed by atoms with Gasteiger partial charge >= 0.3 is 0 Å². The molecule has 0 aromatic heterocycles. The summed E-state index contributed by atoms with van der Waals surface area (Å²) in [5, 5.41) is 5.34. The zero-order chi connectivity index (χ0) is 26.3. The van der Waals surface area contributed by atoms with Crippen LogP contribution in [0.4, 0.5) is 0 Å². The Morgan fingerprint density at radius 1 is 0.711 bits per heavy atom. The van der Waals surface area contributed by atoms with Crippen molar-refractivity contribution < 1.29 is 9.59 Å². The van der Waals surface area contributed by atoms with E-state index in [9.17, 15) is 9.59 Å². The number of carbonyl (C=O) groups is 2. The molecule has 5 rings (SSSR count). The van der Waals surface area contributed by atoms with Crippen LogP contribution in [0.5, 0.6) is 0 Å². The van der Waals surface area contributed by atoms with Crippen LogP contribution in [-0.4, -0.2) is 35.3 Å². The molecular weight excluding hydrogens is 470 g/mol. The van der Waals surface area contributed by atoms with Gasteiger partial charge in [-0.25, -0.2) is 0 Å². The van der Waals surface area contributed by atoms with E-state index >= 15 is 0 Å². The second kappa shape index (κ2) is 12.1. The molecule has 3 N–H and O–H groups in total. The van der Waals surface area contributed by atoms with Crippen LogP contribution in [0, 0.1) is 0 Å². The van der Waals surface area contributed by atoms with Crippen LogP contribution in [0.1, 0.15) is 36.8 Å². The Bertz CT molecular complexity index is 1380. The maximum Gasteiger partial charge on any atom is 0.246 e. The third-order valence-corrected chi connectivity index (χ3v) is 7.43. The molecule has 38 heavy (non-hydrogen) atoms. The number of nitrogens with one attached hydrogen (secondary N) is 1. The van der Waals surface area contributed by atoms with Crippen molar-refractivity contribution in [3.05, 3.63) is 108 Å². The summed E-state index contributed by atoms with van der Waals surface area (Å²) >= 11 is 0. The number of unbranched alkanes of at least 4 members (excludes halogenated alkanes) is 2. The molecule has 1 saturated heterocycles. The Balaban J connectivity index is 1.36. The van der Waals surface area contributed by atoms with E-state index in [2.05, 4.69) is 66.0 Å². The molecule has 4 aromatic carbocycles. The molecule has 0 spiro atoms. The first-order valence-electron chi connectivity index (χ1n) is 13.6. The molecule has 1 aliphatic heterocycles. The fraction of sp³-hybridized carbons (Fsp3) is 0.273. The SMILES string of the molecule is NCCCCCC1C(=O)NC(Cc2ccc3ccccc3c2)C(=O)N1Cc1ccc(-c2ccccc2)cc1. The fourth-order valence-electron chi connectivity index (χ4n) is 5.33. The zero-order valence-electron chi connectivity index (χ0n) is 21.7. The standard InChI is InChI=1S/C33H35N3O2/c34-20-8-2-5-13-31-32(37)35-30(22-25-16-19-27-11-6-7-12-29(27)21-25)33(38)36(31)23-24-14-17-28(18-15-24)26-9-3-1-4-10-26/h1,3-4,6-7,9-12,14-19,21,30-31H,2,5,8,13,20,22-23,34H2,(H,35,37). The third-order valence-electron chi connectivity index (χ3n) is 7.43. The van der Waals surface area contributed by atoms with Crippen LogP contribution in [0.15, 0.2) is 97.1 Å². The summed E-state index contributed by atoms with van der Waals surface area (Å²) in [6, 6.07) is 31.9. The third kappa shape index (κ3) is 5.95. The van der Waals surface area contributed by atoms with E-state index in [1.807, 2.05) is 36.4 Å². The molecule has 1 fully saturated rings. The predicted molar refractivity (Wildman–Crippen MR) is 153 cm³/mol. The van der Waals surface area contributed by atoms with E-state index in [-0.39, 0.29) is 11.8 Å². The van der Waals surface area contributed by atoms with Crippen molar-refractivity contribution in [1.82, 2.24) is 10.2 Å². The second-order valence-corrected chi connectivity index (χ2v) is 10.1. The normalized spacial score (nSPS) is 17.6. The van der Waals surface area contributed by atoms with Gasteiger partial charge in [-0.2, -0.15) is 0 Å². The first-order chi connectivity index (χ1) is 18.6. The lowest BCUT2D eigenvalue weighted by molar-refractivity contribution is -0.150. The topological polar surface area (TPSA) is 75.4 Å². The van der Waals surface area contributed by atoms with Crippen LogP contribution in [0.2, 0.25) is 0 Å². The lowest BCUT2D eigenvalue weighted by Crippen LogP contribution is -2.63. The van der Waals surface area contributed by atoms with Gasteiger partial charge in [0.1, 0.15) is 12.1 Å². The molecule has 1 heterocycles. The number of amides is 2. The van der Waals surface area contributed by atoms with Crippen molar-refractivity contribution in [1.29, 1.82) is 0 Å². The molecule has 2 amide bonds. The predicted octanol–water partition coefficient (Wildman–Crippen LogP) is 5.46. The minimum absolute atomic E-state index is 0.0197. The number of benzene rings is 4. The molecule has 0 aliphatic carbocycles. The van der Waals surface area contributed by atoms with E-state index in [1.165, 1.54) is 0 Å². The first kappa shape index (κ1) is 25.7. The van der Waals surface area contributed by atoms with Crippen LogP contribution < -0.4 is 11.1 Å². The minimum atomic E-state index is -0.576. The number of nitrogens with zero attached hydrogens (tertiary/aromatic N) is 1. The van der Waals surface area contributed by atoms with Gasteiger partial charge in [0.25, 0.3) is 0 Å². The summed E-state index contributed by atoms with van der Waals surface area (Å²) in [6.07, 6.45) is 3.85. The molecule has 2 atom stereocenters. The van der Waals surface area contributed by atoms with E-state index < -0.39 is 12.1 Å². The van der Waals surface area contributed by atoms with Gasteiger partial charge in [0.2, 0.25) is 11.8 Å². The summed E-state index contributed by atoms with van der Waals surface area (Å²) < 4.78 is 0. The summed E-state index contributed by atoms with van der Waals surface area (Å²) in [6.45, 7) is 1.05. The molecule has 5 nitrogen and oxygen atoms in total. The molecule has 0 saturated carbocycles. The Kier molecular flexibility index (Phi) is 8.15. The molecule has 0 radical (unpaired) electrons. The van der Waals surface area contributed by atoms with Crippen LogP contribution in [0.3, 0.4) is 0 Å². The maximum absolute atomic E-state index is 13.8. The van der Waals surface area contributed by atoms with Gasteiger partial charge in [0.05, 0.1) is 0 Å². The van der Waals surface area contributed by atoms with Crippen LogP contribution in [-0.2, 0) is 22.6 Å². The number of rotatable bonds is 10. The number of piperazine rings is 1. The number of fused-ring (bicyclic) bond motifs is 1. The highest BCUT2D eigenvalue weighted by Gasteiger charge is 2.40. The molecule has 2 unspecified atom stereocenters. The summed E-state index contributed by atoms with van der Waals surface area (Å²) in [5.74, 6) is -0.0854. The average Bonchev–Trinajstić information content (AvgIpc) is 2.95. The van der Waals surface area contributed by atoms with Gasteiger partial charge in [-0.05, 0) is 52.4 Å². The van der Waals surface area contributed by atoms with Crippen LogP contribution >= 0.6 is 0 Å². The monoisotopic (exact) mass is 505 g/mol. The highest BCUT2D eigenvalue weighted by molar-refractivity contribution is 5.97. The van der Waals surface area contributed by atoms with E-state index in [0.29, 0.717) is 25.9 Å². The Hall–Kier alpha value is -3.96. The van der Waals surface area contributed by atoms with Gasteiger partial charge in [-0.15, -0.1) is 0 Å². The Labute approximate surface area is 224 Å². The summed E-state index contributed by atoms with van der Waals surface area (Å²) in [7, 11) is 0. The molecule has 1 aliphatic rings. The highest BCUT2D eigenvalue weighted by atomic mass is 16.2. The van der Waals surface area contributed by atoms with E-state index in [4.69, 9.17) is 5.73 Å². The van der Waals surface area contributed by atoms with Crippen LogP contribution in [0.25, 0.3) is 21.9 Å². The van der Waals surface area contributed by atoms with E-state index in [0.717, 1.165) is 52.3 Å². The molecular formula is C33H35N3O2. The lowest BCUT2D eigenvalue weighted by atomic mass is 9.95. The van der Waals surface area contributed by atoms with Crippen molar-refractivity contribution in [2.45, 2.75) is 50.7 Å². The van der Waals surface area contributed by atoms with Crippen molar-refractivity contribution >= 4 is 22.6 Å². The molecule has 194 valence electrons. The second-order valence-electron chi connectivity index (χ2n) is 10.1. The largest absolute Gasteiger partial charge is 0.342 e. The first-order valence-corrected chi connectivity index (χ1v) is 13.6. The van der Waals surface area contributed by atoms with Gasteiger partial charge in [0, 0.05) is 13.0 Å². The van der Waals surface area contributed by atoms with Gasteiger partial charge < -0.3 is 16.0 Å². The van der Waals surface area contributed by atoms with E-state index in [1.54, 1.807) is 4.90 Å². The molecule has 5 heteroatoms. The Morgan fingerprint density at radius 3 is 2.16 bits per heavy atom. The molecule has 0 bridgehead atoms. The number of carbonyl (C=O) groups excluding carboxylic acids is 2. The van der Waals surface area contributed by atoms with Gasteiger partial charge in [-0.3, -0.25) is 9.59 Å². The Morgan fingerprint density at radius 2 is 1.39 bits per heavy atom. The van der Waals surface area contributed by atoms with Crippen molar-refractivity contribution in [3.63, 3.8) is 0 Å². The average molecular weight is 506 g/mol. The highest BCUT2D eigenvalue weighted by Crippen LogP contribution is 2.25. The van der Waals surface area contributed by atoms with Gasteiger partial charge in [-0.1, -0.05) is 110 Å². The van der Waals surface area contributed by atoms with Crippen molar-refractivity contribution in [2.24, 2.45) is 5.73 Å². The molecule has 4 aromatic rings. The maximum atomic E-state index is 13.8. The van der Waals surface area contributed by atoms with Crippen molar-refractivity contribution in [2.75, 3.05) is 6.54 Å². The number of hydrogen-bond donors (Lipinski definition) is 2. The zero-order valence-corrected chi connectivity index (χ0v) is 21.7. The fourth-order valence-corrected chi connectivity index (χ4v) is 5.33. The number of nitrogens with two attached hydrogens (primary N) is 1. The summed E-state index contributed by atoms with van der Waals surface area (Å²) in [5.41, 5.74) is 10.0. The lowest BCUT2D eigenvalue weighted by Gasteiger charge is -2.39. The van der Waals surface area contributed by atoms with Crippen molar-refractivity contribution in [3.8, 4) is 11.1 Å². The summed E-state index contributed by atoms with van der Waals surface area (Å²) in [4.78, 5) is 28.9. The minimum Gasteiger partial charge on any atom is -0.342 e.